The number of fused-ring (bicyclic) bond motifs is 1. The van der Waals surface area contributed by atoms with Crippen LogP contribution in [0.5, 0.6) is 0 Å². The van der Waals surface area contributed by atoms with E-state index in [0.29, 0.717) is 17.0 Å². The molecule has 5 nitrogen and oxygen atoms in total. The minimum Gasteiger partial charge on any atom is -0.453 e. The Morgan fingerprint density at radius 1 is 1.24 bits per heavy atom. The highest BCUT2D eigenvalue weighted by Gasteiger charge is 2.15. The third-order valence-electron chi connectivity index (χ3n) is 3.35. The van der Waals surface area contributed by atoms with E-state index in [1.54, 1.807) is 32.0 Å². The van der Waals surface area contributed by atoms with Gasteiger partial charge in [-0.1, -0.05) is 18.2 Å². The predicted octanol–water partition coefficient (Wildman–Crippen LogP) is 2.49. The van der Waals surface area contributed by atoms with Crippen LogP contribution < -0.4 is 5.69 Å². The number of para-hydroxylation sites is 1. The molecule has 0 saturated heterocycles. The van der Waals surface area contributed by atoms with Gasteiger partial charge in [-0.3, -0.25) is 9.36 Å². The zero-order valence-electron chi connectivity index (χ0n) is 11.8. The molecule has 0 bridgehead atoms. The van der Waals surface area contributed by atoms with E-state index < -0.39 is 5.69 Å². The minimum absolute atomic E-state index is 0.0717. The summed E-state index contributed by atoms with van der Waals surface area (Å²) >= 11 is 0. The fourth-order valence-corrected chi connectivity index (χ4v) is 2.31. The van der Waals surface area contributed by atoms with Crippen LogP contribution >= 0.6 is 0 Å². The van der Waals surface area contributed by atoms with Crippen molar-refractivity contribution in [1.82, 2.24) is 9.55 Å². The molecule has 0 saturated carbocycles. The zero-order chi connectivity index (χ0) is 15.0. The number of aromatic nitrogens is 2. The average Bonchev–Trinajstić information content (AvgIpc) is 2.86. The molecule has 0 spiro atoms. The highest BCUT2D eigenvalue weighted by atomic mass is 16.3. The van der Waals surface area contributed by atoms with Crippen LogP contribution in [0.4, 0.5) is 0 Å². The van der Waals surface area contributed by atoms with Gasteiger partial charge in [0, 0.05) is 16.8 Å². The first kappa shape index (κ1) is 13.3. The number of ketones is 1. The molecular weight excluding hydrogens is 268 g/mol. The Bertz CT molecular complexity index is 857. The fourth-order valence-electron chi connectivity index (χ4n) is 2.31. The van der Waals surface area contributed by atoms with Gasteiger partial charge in [-0.15, -0.1) is 0 Å². The second-order valence-corrected chi connectivity index (χ2v) is 4.98. The van der Waals surface area contributed by atoms with Crippen LogP contribution in [0.3, 0.4) is 0 Å². The first-order valence-electron chi connectivity index (χ1n) is 6.61. The summed E-state index contributed by atoms with van der Waals surface area (Å²) in [6.07, 6.45) is 0. The average molecular weight is 282 g/mol. The normalized spacial score (nSPS) is 11.0. The maximum atomic E-state index is 12.3. The Labute approximate surface area is 120 Å². The number of nitrogens with zero attached hydrogens (tertiary/aromatic N) is 2. The Morgan fingerprint density at radius 2 is 2.00 bits per heavy atom. The molecule has 1 aromatic carbocycles. The lowest BCUT2D eigenvalue weighted by Gasteiger charge is -2.07. The van der Waals surface area contributed by atoms with Crippen LogP contribution in [0.15, 0.2) is 45.6 Å². The van der Waals surface area contributed by atoms with Gasteiger partial charge in [0.05, 0.1) is 6.54 Å². The largest absolute Gasteiger partial charge is 0.453 e. The van der Waals surface area contributed by atoms with Gasteiger partial charge in [-0.05, 0) is 32.0 Å². The Kier molecular flexibility index (Phi) is 3.17. The number of Topliss-reactive ketones (excluding diaryl/α,β-unsaturated/α-hetero) is 1. The molecule has 2 heterocycles. The molecule has 3 aromatic rings. The van der Waals surface area contributed by atoms with Gasteiger partial charge in [0.2, 0.25) is 5.78 Å². The quantitative estimate of drug-likeness (QED) is 0.692. The lowest BCUT2D eigenvalue weighted by atomic mass is 10.2. The first-order valence-corrected chi connectivity index (χ1v) is 6.61. The van der Waals surface area contributed by atoms with Crippen molar-refractivity contribution in [3.8, 4) is 0 Å². The summed E-state index contributed by atoms with van der Waals surface area (Å²) in [6, 6.07) is 10.9. The lowest BCUT2D eigenvalue weighted by molar-refractivity contribution is 0.0944. The van der Waals surface area contributed by atoms with Gasteiger partial charge in [-0.25, -0.2) is 4.79 Å². The maximum Gasteiger partial charge on any atom is 0.348 e. The van der Waals surface area contributed by atoms with Crippen LogP contribution in [-0.4, -0.2) is 15.3 Å². The van der Waals surface area contributed by atoms with Gasteiger partial charge >= 0.3 is 5.69 Å². The van der Waals surface area contributed by atoms with Crippen LogP contribution in [-0.2, 0) is 6.54 Å². The summed E-state index contributed by atoms with van der Waals surface area (Å²) in [6.45, 7) is 3.46. The summed E-state index contributed by atoms with van der Waals surface area (Å²) in [5, 5.41) is 0.868. The van der Waals surface area contributed by atoms with Gasteiger partial charge in [0.15, 0.2) is 5.76 Å². The summed E-state index contributed by atoms with van der Waals surface area (Å²) in [7, 11) is 0. The summed E-state index contributed by atoms with van der Waals surface area (Å²) < 4.78 is 6.87. The number of aryl methyl sites for hydroxylation is 2. The second kappa shape index (κ2) is 5.01. The molecule has 21 heavy (non-hydrogen) atoms. The molecule has 106 valence electrons. The van der Waals surface area contributed by atoms with E-state index in [-0.39, 0.29) is 18.1 Å². The van der Waals surface area contributed by atoms with Crippen molar-refractivity contribution in [2.45, 2.75) is 20.4 Å². The molecule has 0 aliphatic heterocycles. The number of benzene rings is 1. The number of furan rings is 1. The molecule has 3 rings (SSSR count). The number of hydrogen-bond donors (Lipinski definition) is 0. The minimum atomic E-state index is -0.419. The molecule has 0 amide bonds. The smallest absolute Gasteiger partial charge is 0.348 e. The van der Waals surface area contributed by atoms with E-state index in [4.69, 9.17) is 4.42 Å². The Morgan fingerprint density at radius 3 is 2.71 bits per heavy atom. The Hall–Kier alpha value is -2.69. The second-order valence-electron chi connectivity index (χ2n) is 4.98. The van der Waals surface area contributed by atoms with Gasteiger partial charge in [0.25, 0.3) is 0 Å². The highest BCUT2D eigenvalue weighted by Crippen LogP contribution is 2.19. The molecule has 0 fully saturated rings. The van der Waals surface area contributed by atoms with Crippen molar-refractivity contribution in [1.29, 1.82) is 0 Å². The fraction of sp³-hybridized carbons (Fsp3) is 0.188. The molecule has 0 aliphatic carbocycles. The van der Waals surface area contributed by atoms with E-state index >= 15 is 0 Å². The maximum absolute atomic E-state index is 12.3. The van der Waals surface area contributed by atoms with Crippen molar-refractivity contribution in [2.75, 3.05) is 0 Å². The van der Waals surface area contributed by atoms with Crippen LogP contribution in [0, 0.1) is 13.8 Å². The standard InChI is InChI=1S/C16H14N2O3/c1-10-7-11(2)18(16(20)17-10)9-13(19)15-8-12-5-3-4-6-14(12)21-15/h3-8H,9H2,1-2H3. The number of carbonyl (C=O) groups excluding carboxylic acids is 1. The molecule has 2 aromatic heterocycles. The third-order valence-corrected chi connectivity index (χ3v) is 3.35. The summed E-state index contributed by atoms with van der Waals surface area (Å²) in [5.74, 6) is 0.00475. The predicted molar refractivity (Wildman–Crippen MR) is 78.5 cm³/mol. The van der Waals surface area contributed by atoms with Crippen molar-refractivity contribution >= 4 is 16.8 Å². The lowest BCUT2D eigenvalue weighted by Crippen LogP contribution is -2.28. The summed E-state index contributed by atoms with van der Waals surface area (Å²) in [4.78, 5) is 28.0. The zero-order valence-corrected chi connectivity index (χ0v) is 11.8. The molecule has 0 unspecified atom stereocenters. The monoisotopic (exact) mass is 282 g/mol. The first-order chi connectivity index (χ1) is 10.0. The molecule has 0 radical (unpaired) electrons. The third kappa shape index (κ3) is 2.50. The summed E-state index contributed by atoms with van der Waals surface area (Å²) in [5.41, 5.74) is 1.59. The highest BCUT2D eigenvalue weighted by molar-refractivity contribution is 5.97. The van der Waals surface area contributed by atoms with Gasteiger partial charge < -0.3 is 4.42 Å². The van der Waals surface area contributed by atoms with E-state index in [0.717, 1.165) is 5.39 Å². The number of hydrogen-bond acceptors (Lipinski definition) is 4. The van der Waals surface area contributed by atoms with Crippen molar-refractivity contribution < 1.29 is 9.21 Å². The SMILES string of the molecule is Cc1cc(C)n(CC(=O)c2cc3ccccc3o2)c(=O)n1. The number of rotatable bonds is 3. The van der Waals surface area contributed by atoms with Crippen molar-refractivity contribution in [3.05, 3.63) is 64.0 Å². The molecule has 5 heteroatoms. The van der Waals surface area contributed by atoms with Crippen molar-refractivity contribution in [2.24, 2.45) is 0 Å². The van der Waals surface area contributed by atoms with Crippen LogP contribution in [0.1, 0.15) is 21.9 Å². The molecular formula is C16H14N2O3. The van der Waals surface area contributed by atoms with E-state index in [1.807, 2.05) is 18.2 Å². The van der Waals surface area contributed by atoms with Crippen molar-refractivity contribution in [3.63, 3.8) is 0 Å². The Balaban J connectivity index is 1.95. The van der Waals surface area contributed by atoms with Crippen LogP contribution in [0.25, 0.3) is 11.0 Å². The number of carbonyl (C=O) groups is 1. The van der Waals surface area contributed by atoms with Gasteiger partial charge in [0.1, 0.15) is 5.58 Å². The van der Waals surface area contributed by atoms with Gasteiger partial charge in [-0.2, -0.15) is 4.98 Å². The van der Waals surface area contributed by atoms with E-state index in [1.165, 1.54) is 4.57 Å². The van der Waals surface area contributed by atoms with Crippen LogP contribution in [0.2, 0.25) is 0 Å². The topological polar surface area (TPSA) is 65.1 Å². The molecule has 0 atom stereocenters. The molecule has 0 aliphatic rings. The van der Waals surface area contributed by atoms with E-state index in [2.05, 4.69) is 4.98 Å². The van der Waals surface area contributed by atoms with E-state index in [9.17, 15) is 9.59 Å². The molecule has 0 N–H and O–H groups in total.